The molecule has 0 aliphatic carbocycles. The second kappa shape index (κ2) is 6.57. The Morgan fingerprint density at radius 3 is 2.74 bits per heavy atom. The quantitative estimate of drug-likeness (QED) is 0.569. The molecule has 1 amide bonds. The highest BCUT2D eigenvalue weighted by molar-refractivity contribution is 5.93. The normalized spacial score (nSPS) is 10.4. The standard InChI is InChI=1S/C11H13N5O3/c1-18-6-7-19-14-11(17)9-4-2-8(3-5-9)10-12-15-16-13-10/h2-5H,6-7H2,1H3,(H,14,17)(H,12,13,15,16). The van der Waals surface area contributed by atoms with E-state index in [9.17, 15) is 4.79 Å². The minimum atomic E-state index is -0.323. The van der Waals surface area contributed by atoms with Crippen molar-refractivity contribution in [2.24, 2.45) is 0 Å². The van der Waals surface area contributed by atoms with E-state index in [1.807, 2.05) is 0 Å². The first-order valence-corrected chi connectivity index (χ1v) is 5.56. The van der Waals surface area contributed by atoms with Gasteiger partial charge in [0.15, 0.2) is 0 Å². The molecule has 0 atom stereocenters. The van der Waals surface area contributed by atoms with Gasteiger partial charge in [0.1, 0.15) is 0 Å². The van der Waals surface area contributed by atoms with E-state index in [1.165, 1.54) is 0 Å². The van der Waals surface area contributed by atoms with Gasteiger partial charge in [-0.3, -0.25) is 9.63 Å². The number of ether oxygens (including phenoxy) is 1. The van der Waals surface area contributed by atoms with Gasteiger partial charge in [0, 0.05) is 18.2 Å². The molecule has 1 heterocycles. The monoisotopic (exact) mass is 263 g/mol. The van der Waals surface area contributed by atoms with Crippen LogP contribution in [-0.2, 0) is 9.57 Å². The summed E-state index contributed by atoms with van der Waals surface area (Å²) in [5, 5.41) is 13.5. The number of aromatic amines is 1. The summed E-state index contributed by atoms with van der Waals surface area (Å²) >= 11 is 0. The van der Waals surface area contributed by atoms with Gasteiger partial charge >= 0.3 is 0 Å². The number of H-pyrrole nitrogens is 1. The molecule has 0 aliphatic rings. The topological polar surface area (TPSA) is 102 Å². The molecule has 19 heavy (non-hydrogen) atoms. The summed E-state index contributed by atoms with van der Waals surface area (Å²) < 4.78 is 4.79. The average molecular weight is 263 g/mol. The van der Waals surface area contributed by atoms with Crippen LogP contribution in [0.4, 0.5) is 0 Å². The summed E-state index contributed by atoms with van der Waals surface area (Å²) in [5.41, 5.74) is 3.56. The number of hydrogen-bond donors (Lipinski definition) is 2. The first-order chi connectivity index (χ1) is 9.31. The first kappa shape index (κ1) is 13.1. The molecule has 2 N–H and O–H groups in total. The van der Waals surface area contributed by atoms with Crippen molar-refractivity contribution < 1.29 is 14.4 Å². The van der Waals surface area contributed by atoms with Crippen molar-refractivity contribution in [3.8, 4) is 11.4 Å². The second-order valence-corrected chi connectivity index (χ2v) is 3.59. The highest BCUT2D eigenvalue weighted by Crippen LogP contribution is 2.13. The van der Waals surface area contributed by atoms with Crippen LogP contribution in [0.5, 0.6) is 0 Å². The van der Waals surface area contributed by atoms with E-state index < -0.39 is 0 Å². The molecular weight excluding hydrogens is 250 g/mol. The summed E-state index contributed by atoms with van der Waals surface area (Å²) in [6.07, 6.45) is 0. The van der Waals surface area contributed by atoms with E-state index in [4.69, 9.17) is 9.57 Å². The number of carbonyl (C=O) groups is 1. The van der Waals surface area contributed by atoms with Crippen LogP contribution in [0, 0.1) is 0 Å². The molecule has 8 nitrogen and oxygen atoms in total. The zero-order valence-electron chi connectivity index (χ0n) is 10.3. The van der Waals surface area contributed by atoms with Crippen molar-refractivity contribution in [2.45, 2.75) is 0 Å². The number of hydrogen-bond acceptors (Lipinski definition) is 6. The molecular formula is C11H13N5O3. The van der Waals surface area contributed by atoms with E-state index in [-0.39, 0.29) is 5.91 Å². The Kier molecular flexibility index (Phi) is 4.54. The fourth-order valence-electron chi connectivity index (χ4n) is 1.36. The van der Waals surface area contributed by atoms with E-state index >= 15 is 0 Å². The highest BCUT2D eigenvalue weighted by Gasteiger charge is 2.07. The van der Waals surface area contributed by atoms with Gasteiger partial charge in [-0.15, -0.1) is 10.2 Å². The van der Waals surface area contributed by atoms with Crippen LogP contribution in [0.2, 0.25) is 0 Å². The number of amides is 1. The summed E-state index contributed by atoms with van der Waals surface area (Å²) in [6.45, 7) is 0.709. The summed E-state index contributed by atoms with van der Waals surface area (Å²) in [7, 11) is 1.56. The number of nitrogens with one attached hydrogen (secondary N) is 2. The van der Waals surface area contributed by atoms with Gasteiger partial charge in [-0.2, -0.15) is 5.21 Å². The third-order valence-electron chi connectivity index (χ3n) is 2.31. The Balaban J connectivity index is 1.93. The zero-order valence-corrected chi connectivity index (χ0v) is 10.3. The maximum absolute atomic E-state index is 11.7. The number of tetrazole rings is 1. The van der Waals surface area contributed by atoms with Crippen molar-refractivity contribution in [2.75, 3.05) is 20.3 Å². The lowest BCUT2D eigenvalue weighted by Gasteiger charge is -2.05. The van der Waals surface area contributed by atoms with Crippen molar-refractivity contribution in [3.63, 3.8) is 0 Å². The molecule has 0 bridgehead atoms. The van der Waals surface area contributed by atoms with Crippen LogP contribution in [0.25, 0.3) is 11.4 Å². The molecule has 2 rings (SSSR count). The number of benzene rings is 1. The third-order valence-corrected chi connectivity index (χ3v) is 2.31. The molecule has 0 saturated heterocycles. The fraction of sp³-hybridized carbons (Fsp3) is 0.273. The molecule has 100 valence electrons. The van der Waals surface area contributed by atoms with Gasteiger partial charge in [0.05, 0.1) is 13.2 Å². The predicted molar refractivity (Wildman–Crippen MR) is 64.9 cm³/mol. The van der Waals surface area contributed by atoms with Gasteiger partial charge in [-0.25, -0.2) is 5.48 Å². The zero-order chi connectivity index (χ0) is 13.5. The molecule has 0 aliphatic heterocycles. The molecule has 0 fully saturated rings. The average Bonchev–Trinajstić information content (AvgIpc) is 2.98. The number of carbonyl (C=O) groups excluding carboxylic acids is 1. The number of rotatable bonds is 6. The number of aromatic nitrogens is 4. The van der Waals surface area contributed by atoms with Gasteiger partial charge in [-0.05, 0) is 17.3 Å². The Labute approximate surface area is 109 Å². The van der Waals surface area contributed by atoms with Crippen LogP contribution >= 0.6 is 0 Å². The SMILES string of the molecule is COCCONC(=O)c1ccc(-c2nn[nH]n2)cc1. The minimum Gasteiger partial charge on any atom is -0.382 e. The van der Waals surface area contributed by atoms with Crippen LogP contribution in [-0.4, -0.2) is 46.9 Å². The molecule has 2 aromatic rings. The van der Waals surface area contributed by atoms with Gasteiger partial charge in [0.2, 0.25) is 5.82 Å². The maximum atomic E-state index is 11.7. The van der Waals surface area contributed by atoms with E-state index in [2.05, 4.69) is 26.1 Å². The summed E-state index contributed by atoms with van der Waals surface area (Å²) in [5.74, 6) is 0.152. The number of hydroxylamine groups is 1. The molecule has 8 heteroatoms. The molecule has 1 aromatic heterocycles. The smallest absolute Gasteiger partial charge is 0.274 e. The van der Waals surface area contributed by atoms with Crippen molar-refractivity contribution in [1.82, 2.24) is 26.1 Å². The molecule has 0 saturated carbocycles. The van der Waals surface area contributed by atoms with Crippen LogP contribution in [0.1, 0.15) is 10.4 Å². The molecule has 0 unspecified atom stereocenters. The Morgan fingerprint density at radius 2 is 2.11 bits per heavy atom. The van der Waals surface area contributed by atoms with E-state index in [1.54, 1.807) is 31.4 Å². The number of methoxy groups -OCH3 is 1. The van der Waals surface area contributed by atoms with E-state index in [0.29, 0.717) is 24.6 Å². The lowest BCUT2D eigenvalue weighted by atomic mass is 10.1. The molecule has 0 radical (unpaired) electrons. The van der Waals surface area contributed by atoms with Gasteiger partial charge in [-0.1, -0.05) is 12.1 Å². The van der Waals surface area contributed by atoms with Gasteiger partial charge < -0.3 is 4.74 Å². The van der Waals surface area contributed by atoms with Crippen LogP contribution in [0.15, 0.2) is 24.3 Å². The second-order valence-electron chi connectivity index (χ2n) is 3.59. The Morgan fingerprint density at radius 1 is 1.32 bits per heavy atom. The predicted octanol–water partition coefficient (Wildman–Crippen LogP) is 0.174. The van der Waals surface area contributed by atoms with E-state index in [0.717, 1.165) is 5.56 Å². The summed E-state index contributed by atoms with van der Waals surface area (Å²) in [6, 6.07) is 6.77. The third kappa shape index (κ3) is 3.57. The van der Waals surface area contributed by atoms with Crippen LogP contribution in [0.3, 0.4) is 0 Å². The Bertz CT molecular complexity index is 512. The fourth-order valence-corrected chi connectivity index (χ4v) is 1.36. The van der Waals surface area contributed by atoms with Crippen molar-refractivity contribution in [3.05, 3.63) is 29.8 Å². The Hall–Kier alpha value is -2.32. The lowest BCUT2D eigenvalue weighted by Crippen LogP contribution is -2.25. The first-order valence-electron chi connectivity index (χ1n) is 5.56. The number of nitrogens with zero attached hydrogens (tertiary/aromatic N) is 3. The largest absolute Gasteiger partial charge is 0.382 e. The lowest BCUT2D eigenvalue weighted by molar-refractivity contribution is 0.00889. The van der Waals surface area contributed by atoms with Crippen molar-refractivity contribution in [1.29, 1.82) is 0 Å². The summed E-state index contributed by atoms with van der Waals surface area (Å²) in [4.78, 5) is 16.6. The van der Waals surface area contributed by atoms with Crippen LogP contribution < -0.4 is 5.48 Å². The molecule has 0 spiro atoms. The minimum absolute atomic E-state index is 0.295. The maximum Gasteiger partial charge on any atom is 0.274 e. The molecule has 1 aromatic carbocycles. The van der Waals surface area contributed by atoms with Crippen molar-refractivity contribution >= 4 is 5.91 Å². The highest BCUT2D eigenvalue weighted by atomic mass is 16.7. The van der Waals surface area contributed by atoms with Gasteiger partial charge in [0.25, 0.3) is 5.91 Å².